The highest BCUT2D eigenvalue weighted by atomic mass is 16.3. The van der Waals surface area contributed by atoms with E-state index in [4.69, 9.17) is 5.73 Å². The highest BCUT2D eigenvalue weighted by molar-refractivity contribution is 5.85. The predicted octanol–water partition coefficient (Wildman–Crippen LogP) is 2.83. The van der Waals surface area contributed by atoms with Gasteiger partial charge in [-0.3, -0.25) is 0 Å². The summed E-state index contributed by atoms with van der Waals surface area (Å²) < 4.78 is 0. The Balaban J connectivity index is 1.96. The van der Waals surface area contributed by atoms with E-state index in [2.05, 4.69) is 11.9 Å². The third-order valence-corrected chi connectivity index (χ3v) is 5.06. The van der Waals surface area contributed by atoms with Gasteiger partial charge in [-0.1, -0.05) is 48.5 Å². The average molecular weight is 335 g/mol. The van der Waals surface area contributed by atoms with Gasteiger partial charge in [-0.2, -0.15) is 0 Å². The van der Waals surface area contributed by atoms with Crippen LogP contribution in [0, 0.1) is 12.8 Å². The van der Waals surface area contributed by atoms with Gasteiger partial charge in [0.25, 0.3) is 0 Å². The molecule has 0 bridgehead atoms. The molecule has 3 aromatic rings. The Labute approximate surface area is 147 Å². The van der Waals surface area contributed by atoms with Gasteiger partial charge in [-0.05, 0) is 30.5 Å². The maximum absolute atomic E-state index is 12.0. The molecule has 1 radical (unpaired) electrons. The van der Waals surface area contributed by atoms with Gasteiger partial charge in [-0.15, -0.1) is 0 Å². The standard InChI is InChI=1S/C21H23N2O2/c1-15(19-12-23-20-10-6-5-9-18(19)20)21(22,14-25)17(13-24)11-16-7-3-2-4-8-16/h2-10,12,14-15,17,23-24H,1,11,13,22H2. The summed E-state index contributed by atoms with van der Waals surface area (Å²) in [5.74, 6) is -0.912. The van der Waals surface area contributed by atoms with Crippen molar-refractivity contribution in [2.45, 2.75) is 17.9 Å². The number of aliphatic hydroxyl groups excluding tert-OH is 1. The van der Waals surface area contributed by atoms with E-state index in [9.17, 15) is 9.90 Å². The summed E-state index contributed by atoms with van der Waals surface area (Å²) in [6.07, 6.45) is 3.11. The van der Waals surface area contributed by atoms with Crippen molar-refractivity contribution in [3.05, 3.63) is 78.8 Å². The Morgan fingerprint density at radius 2 is 1.84 bits per heavy atom. The number of carbonyl (C=O) groups is 1. The van der Waals surface area contributed by atoms with Gasteiger partial charge in [0, 0.05) is 35.5 Å². The van der Waals surface area contributed by atoms with Gasteiger partial charge in [0.05, 0.1) is 5.54 Å². The van der Waals surface area contributed by atoms with Crippen LogP contribution < -0.4 is 5.73 Å². The van der Waals surface area contributed by atoms with E-state index in [0.29, 0.717) is 6.42 Å². The molecule has 3 atom stereocenters. The molecular weight excluding hydrogens is 312 g/mol. The summed E-state index contributed by atoms with van der Waals surface area (Å²) in [5.41, 5.74) is 8.15. The Bertz CT molecular complexity index is 843. The minimum Gasteiger partial charge on any atom is -0.396 e. The third-order valence-electron chi connectivity index (χ3n) is 5.06. The second-order valence-electron chi connectivity index (χ2n) is 6.53. The van der Waals surface area contributed by atoms with E-state index in [1.54, 1.807) is 0 Å². The van der Waals surface area contributed by atoms with E-state index in [0.717, 1.165) is 28.3 Å². The van der Waals surface area contributed by atoms with Gasteiger partial charge in [0.2, 0.25) is 0 Å². The second kappa shape index (κ2) is 7.21. The summed E-state index contributed by atoms with van der Waals surface area (Å²) in [5, 5.41) is 10.9. The van der Waals surface area contributed by atoms with Gasteiger partial charge in [0.15, 0.2) is 0 Å². The van der Waals surface area contributed by atoms with Gasteiger partial charge < -0.3 is 20.6 Å². The maximum Gasteiger partial charge on any atom is 0.140 e. The summed E-state index contributed by atoms with van der Waals surface area (Å²) in [6, 6.07) is 17.6. The number of fused-ring (bicyclic) bond motifs is 1. The van der Waals surface area contributed by atoms with Crippen molar-refractivity contribution >= 4 is 17.2 Å². The first-order chi connectivity index (χ1) is 12.1. The van der Waals surface area contributed by atoms with Crippen LogP contribution in [-0.4, -0.2) is 28.5 Å². The summed E-state index contributed by atoms with van der Waals surface area (Å²) in [6.45, 7) is 4.01. The number of aldehydes is 1. The lowest BCUT2D eigenvalue weighted by atomic mass is 9.71. The molecular formula is C21H23N2O2. The van der Waals surface area contributed by atoms with E-state index in [-0.39, 0.29) is 6.61 Å². The Morgan fingerprint density at radius 3 is 2.52 bits per heavy atom. The Morgan fingerprint density at radius 1 is 1.16 bits per heavy atom. The molecule has 0 amide bonds. The number of benzene rings is 2. The molecule has 4 heteroatoms. The lowest BCUT2D eigenvalue weighted by Gasteiger charge is -2.37. The van der Waals surface area contributed by atoms with Crippen LogP contribution in [0.3, 0.4) is 0 Å². The minimum absolute atomic E-state index is 0.182. The molecule has 4 N–H and O–H groups in total. The Hall–Kier alpha value is -2.43. The third kappa shape index (κ3) is 3.23. The minimum atomic E-state index is -1.27. The fraction of sp³-hybridized carbons (Fsp3) is 0.238. The molecule has 0 saturated carbocycles. The number of hydrogen-bond donors (Lipinski definition) is 3. The molecule has 1 heterocycles. The normalized spacial score (nSPS) is 16.3. The molecule has 3 rings (SSSR count). The van der Waals surface area contributed by atoms with Crippen LogP contribution in [0.15, 0.2) is 60.8 Å². The van der Waals surface area contributed by atoms with Crippen LogP contribution in [-0.2, 0) is 11.2 Å². The van der Waals surface area contributed by atoms with E-state index >= 15 is 0 Å². The quantitative estimate of drug-likeness (QED) is 0.581. The average Bonchev–Trinajstić information content (AvgIpc) is 3.09. The fourth-order valence-corrected chi connectivity index (χ4v) is 3.41. The zero-order valence-electron chi connectivity index (χ0n) is 14.1. The number of aromatic nitrogens is 1. The first-order valence-corrected chi connectivity index (χ1v) is 8.39. The number of rotatable bonds is 7. The summed E-state index contributed by atoms with van der Waals surface area (Å²) in [7, 11) is 0. The van der Waals surface area contributed by atoms with Crippen molar-refractivity contribution in [2.75, 3.05) is 6.61 Å². The molecule has 1 aromatic heterocycles. The van der Waals surface area contributed by atoms with Crippen molar-refractivity contribution in [3.8, 4) is 0 Å². The number of nitrogens with two attached hydrogens (primary N) is 1. The number of para-hydroxylation sites is 1. The van der Waals surface area contributed by atoms with E-state index in [1.807, 2.05) is 60.8 Å². The van der Waals surface area contributed by atoms with Crippen LogP contribution in [0.5, 0.6) is 0 Å². The SMILES string of the molecule is [CH2]C(c1c[nH]c2ccccc12)C(N)(C=O)C(CO)Cc1ccccc1. The topological polar surface area (TPSA) is 79.1 Å². The van der Waals surface area contributed by atoms with Crippen molar-refractivity contribution in [1.82, 2.24) is 4.98 Å². The van der Waals surface area contributed by atoms with Crippen molar-refractivity contribution in [2.24, 2.45) is 11.7 Å². The van der Waals surface area contributed by atoms with Gasteiger partial charge in [0.1, 0.15) is 6.29 Å². The summed E-state index contributed by atoms with van der Waals surface area (Å²) >= 11 is 0. The molecule has 2 aromatic carbocycles. The number of carbonyl (C=O) groups excluding carboxylic acids is 1. The molecule has 3 unspecified atom stereocenters. The molecule has 0 spiro atoms. The monoisotopic (exact) mass is 335 g/mol. The number of nitrogens with one attached hydrogen (secondary N) is 1. The van der Waals surface area contributed by atoms with Gasteiger partial charge in [-0.25, -0.2) is 0 Å². The second-order valence-corrected chi connectivity index (χ2v) is 6.53. The first-order valence-electron chi connectivity index (χ1n) is 8.39. The molecule has 0 saturated heterocycles. The zero-order chi connectivity index (χ0) is 17.9. The van der Waals surface area contributed by atoms with Crippen molar-refractivity contribution in [3.63, 3.8) is 0 Å². The lowest BCUT2D eigenvalue weighted by molar-refractivity contribution is -0.115. The Kier molecular flexibility index (Phi) is 5.02. The molecule has 129 valence electrons. The van der Waals surface area contributed by atoms with Crippen LogP contribution in [0.25, 0.3) is 10.9 Å². The highest BCUT2D eigenvalue weighted by Gasteiger charge is 2.41. The number of hydrogen-bond acceptors (Lipinski definition) is 3. The van der Waals surface area contributed by atoms with E-state index < -0.39 is 17.4 Å². The summed E-state index contributed by atoms with van der Waals surface area (Å²) in [4.78, 5) is 15.2. The van der Waals surface area contributed by atoms with E-state index in [1.165, 1.54) is 0 Å². The molecule has 25 heavy (non-hydrogen) atoms. The number of aliphatic hydroxyl groups is 1. The molecule has 4 nitrogen and oxygen atoms in total. The van der Waals surface area contributed by atoms with Crippen LogP contribution in [0.4, 0.5) is 0 Å². The highest BCUT2D eigenvalue weighted by Crippen LogP contribution is 2.35. The maximum atomic E-state index is 12.0. The van der Waals surface area contributed by atoms with Crippen LogP contribution >= 0.6 is 0 Å². The zero-order valence-corrected chi connectivity index (χ0v) is 14.1. The molecule has 0 fully saturated rings. The molecule has 0 aliphatic rings. The molecule has 0 aliphatic heterocycles. The predicted molar refractivity (Wildman–Crippen MR) is 100 cm³/mol. The smallest absolute Gasteiger partial charge is 0.140 e. The largest absolute Gasteiger partial charge is 0.396 e. The molecule has 0 aliphatic carbocycles. The fourth-order valence-electron chi connectivity index (χ4n) is 3.41. The van der Waals surface area contributed by atoms with Gasteiger partial charge >= 0.3 is 0 Å². The number of H-pyrrole nitrogens is 1. The first kappa shape index (κ1) is 17.4. The lowest BCUT2D eigenvalue weighted by Crippen LogP contribution is -2.55. The van der Waals surface area contributed by atoms with Crippen molar-refractivity contribution in [1.29, 1.82) is 0 Å². The van der Waals surface area contributed by atoms with Crippen molar-refractivity contribution < 1.29 is 9.90 Å². The van der Waals surface area contributed by atoms with Crippen LogP contribution in [0.2, 0.25) is 0 Å². The number of aromatic amines is 1. The van der Waals surface area contributed by atoms with Crippen LogP contribution in [0.1, 0.15) is 17.0 Å².